The maximum absolute atomic E-state index is 13.7. The minimum absolute atomic E-state index is 0.111. The van der Waals surface area contributed by atoms with Gasteiger partial charge in [-0.05, 0) is 37.0 Å². The van der Waals surface area contributed by atoms with Crippen molar-refractivity contribution in [1.82, 2.24) is 20.2 Å². The number of amides is 2. The predicted molar refractivity (Wildman–Crippen MR) is 98.7 cm³/mol. The van der Waals surface area contributed by atoms with E-state index in [2.05, 4.69) is 22.5 Å². The molecule has 5 atom stereocenters. The van der Waals surface area contributed by atoms with Gasteiger partial charge in [-0.2, -0.15) is 0 Å². The fourth-order valence-electron chi connectivity index (χ4n) is 5.19. The minimum atomic E-state index is -0.865. The van der Waals surface area contributed by atoms with E-state index in [-0.39, 0.29) is 24.2 Å². The molecule has 1 aromatic heterocycles. The third-order valence-corrected chi connectivity index (χ3v) is 6.69. The molecule has 0 bridgehead atoms. The van der Waals surface area contributed by atoms with Gasteiger partial charge in [0, 0.05) is 24.2 Å². The SMILES string of the molecule is CC[C@@H](NC(=O)NC1COC1)[C@H]1[C@@H]2C[C@@H](n3cnc4cc(F)c(F)cc43)C[C@@H]21. The smallest absolute Gasteiger partial charge is 0.315 e. The second-order valence-electron chi connectivity index (χ2n) is 8.30. The van der Waals surface area contributed by atoms with Crippen molar-refractivity contribution in [1.29, 1.82) is 0 Å². The van der Waals surface area contributed by atoms with Crippen molar-refractivity contribution in [2.24, 2.45) is 17.8 Å². The summed E-state index contributed by atoms with van der Waals surface area (Å²) in [4.78, 5) is 16.4. The highest BCUT2D eigenvalue weighted by Crippen LogP contribution is 2.62. The number of fused-ring (bicyclic) bond motifs is 2. The van der Waals surface area contributed by atoms with E-state index >= 15 is 0 Å². The second-order valence-corrected chi connectivity index (χ2v) is 8.30. The monoisotopic (exact) mass is 390 g/mol. The Balaban J connectivity index is 1.23. The van der Waals surface area contributed by atoms with Gasteiger partial charge in [0.2, 0.25) is 0 Å². The molecule has 1 aliphatic heterocycles. The second kappa shape index (κ2) is 6.69. The number of carbonyl (C=O) groups is 1. The first-order chi connectivity index (χ1) is 13.5. The average molecular weight is 390 g/mol. The molecule has 2 aromatic rings. The fourth-order valence-corrected chi connectivity index (χ4v) is 5.19. The number of aromatic nitrogens is 2. The molecule has 2 N–H and O–H groups in total. The number of ether oxygens (including phenoxy) is 1. The van der Waals surface area contributed by atoms with E-state index in [1.54, 1.807) is 6.33 Å². The van der Waals surface area contributed by atoms with Crippen LogP contribution in [0.5, 0.6) is 0 Å². The summed E-state index contributed by atoms with van der Waals surface area (Å²) in [6.45, 7) is 3.28. The zero-order chi connectivity index (χ0) is 19.4. The number of urea groups is 1. The van der Waals surface area contributed by atoms with Crippen molar-refractivity contribution in [3.05, 3.63) is 30.1 Å². The molecule has 5 rings (SSSR count). The molecule has 0 radical (unpaired) electrons. The van der Waals surface area contributed by atoms with E-state index in [9.17, 15) is 13.6 Å². The van der Waals surface area contributed by atoms with Crippen molar-refractivity contribution < 1.29 is 18.3 Å². The molecular formula is C20H24F2N4O2. The molecule has 2 aliphatic carbocycles. The zero-order valence-electron chi connectivity index (χ0n) is 15.7. The van der Waals surface area contributed by atoms with Crippen molar-refractivity contribution in [3.8, 4) is 0 Å². The van der Waals surface area contributed by atoms with Crippen LogP contribution < -0.4 is 10.6 Å². The highest BCUT2D eigenvalue weighted by Gasteiger charge is 2.59. The van der Waals surface area contributed by atoms with Gasteiger partial charge in [-0.15, -0.1) is 0 Å². The molecule has 6 nitrogen and oxygen atoms in total. The highest BCUT2D eigenvalue weighted by molar-refractivity contribution is 5.76. The van der Waals surface area contributed by atoms with Crippen LogP contribution in [-0.4, -0.2) is 40.9 Å². The van der Waals surface area contributed by atoms with Crippen molar-refractivity contribution in [2.75, 3.05) is 13.2 Å². The minimum Gasteiger partial charge on any atom is -0.377 e. The van der Waals surface area contributed by atoms with Gasteiger partial charge in [-0.25, -0.2) is 18.6 Å². The van der Waals surface area contributed by atoms with Crippen LogP contribution in [0.3, 0.4) is 0 Å². The molecule has 3 aliphatic rings. The van der Waals surface area contributed by atoms with Gasteiger partial charge >= 0.3 is 6.03 Å². The third-order valence-electron chi connectivity index (χ3n) is 6.69. The molecule has 0 spiro atoms. The number of imidazole rings is 1. The molecule has 8 heteroatoms. The van der Waals surface area contributed by atoms with Gasteiger partial charge in [0.1, 0.15) is 0 Å². The van der Waals surface area contributed by atoms with Gasteiger partial charge in [-0.1, -0.05) is 6.92 Å². The number of hydrogen-bond acceptors (Lipinski definition) is 3. The lowest BCUT2D eigenvalue weighted by Gasteiger charge is -2.28. The summed E-state index contributed by atoms with van der Waals surface area (Å²) >= 11 is 0. The molecule has 2 saturated carbocycles. The van der Waals surface area contributed by atoms with Crippen LogP contribution >= 0.6 is 0 Å². The van der Waals surface area contributed by atoms with Crippen LogP contribution in [0, 0.1) is 29.4 Å². The molecule has 28 heavy (non-hydrogen) atoms. The third kappa shape index (κ3) is 2.94. The first-order valence-corrected chi connectivity index (χ1v) is 10.0. The molecule has 3 fully saturated rings. The number of nitrogens with one attached hydrogen (secondary N) is 2. The molecule has 2 heterocycles. The highest BCUT2D eigenvalue weighted by atomic mass is 19.2. The topological polar surface area (TPSA) is 68.2 Å². The lowest BCUT2D eigenvalue weighted by molar-refractivity contribution is -0.000204. The number of nitrogens with zero attached hydrogens (tertiary/aromatic N) is 2. The summed E-state index contributed by atoms with van der Waals surface area (Å²) in [6.07, 6.45) is 4.55. The Labute approximate surface area is 161 Å². The summed E-state index contributed by atoms with van der Waals surface area (Å²) in [5.41, 5.74) is 1.13. The molecule has 1 saturated heterocycles. The van der Waals surface area contributed by atoms with Crippen molar-refractivity contribution in [2.45, 2.75) is 44.3 Å². The largest absolute Gasteiger partial charge is 0.377 e. The number of hydrogen-bond donors (Lipinski definition) is 2. The fraction of sp³-hybridized carbons (Fsp3) is 0.600. The van der Waals surface area contributed by atoms with Crippen LogP contribution in [0.4, 0.5) is 13.6 Å². The van der Waals surface area contributed by atoms with Crippen LogP contribution in [0.25, 0.3) is 11.0 Å². The van der Waals surface area contributed by atoms with Crippen molar-refractivity contribution >= 4 is 17.1 Å². The van der Waals surface area contributed by atoms with Gasteiger partial charge in [0.25, 0.3) is 0 Å². The van der Waals surface area contributed by atoms with Gasteiger partial charge in [0.05, 0.1) is 36.6 Å². The van der Waals surface area contributed by atoms with E-state index in [1.165, 1.54) is 6.07 Å². The first-order valence-electron chi connectivity index (χ1n) is 10.0. The van der Waals surface area contributed by atoms with Crippen LogP contribution in [0.15, 0.2) is 18.5 Å². The first kappa shape index (κ1) is 17.8. The Kier molecular flexibility index (Phi) is 4.26. The summed E-state index contributed by atoms with van der Waals surface area (Å²) in [5, 5.41) is 6.07. The Bertz CT molecular complexity index is 901. The van der Waals surface area contributed by atoms with E-state index in [1.807, 2.05) is 4.57 Å². The average Bonchev–Trinajstić information content (AvgIpc) is 2.97. The Morgan fingerprint density at radius 1 is 1.29 bits per heavy atom. The summed E-state index contributed by atoms with van der Waals surface area (Å²) in [7, 11) is 0. The normalized spacial score (nSPS) is 30.0. The number of rotatable bonds is 5. The van der Waals surface area contributed by atoms with E-state index in [0.717, 1.165) is 25.3 Å². The maximum atomic E-state index is 13.7. The van der Waals surface area contributed by atoms with E-state index < -0.39 is 11.6 Å². The predicted octanol–water partition coefficient (Wildman–Crippen LogP) is 2.99. The molecule has 1 aromatic carbocycles. The maximum Gasteiger partial charge on any atom is 0.315 e. The Morgan fingerprint density at radius 3 is 2.64 bits per heavy atom. The van der Waals surface area contributed by atoms with Gasteiger partial charge in [-0.3, -0.25) is 0 Å². The number of halogens is 2. The zero-order valence-corrected chi connectivity index (χ0v) is 15.7. The summed E-state index contributed by atoms with van der Waals surface area (Å²) in [5.74, 6) is -0.0900. The molecule has 2 amide bonds. The molecule has 0 unspecified atom stereocenters. The van der Waals surface area contributed by atoms with Crippen LogP contribution in [-0.2, 0) is 4.74 Å². The number of benzene rings is 1. The molecule has 150 valence electrons. The summed E-state index contributed by atoms with van der Waals surface area (Å²) in [6, 6.07) is 2.83. The quantitative estimate of drug-likeness (QED) is 0.825. The van der Waals surface area contributed by atoms with E-state index in [0.29, 0.717) is 42.0 Å². The van der Waals surface area contributed by atoms with E-state index in [4.69, 9.17) is 4.74 Å². The number of carbonyl (C=O) groups excluding carboxylic acids is 1. The van der Waals surface area contributed by atoms with Crippen LogP contribution in [0.2, 0.25) is 0 Å². The van der Waals surface area contributed by atoms with Gasteiger partial charge < -0.3 is 19.9 Å². The van der Waals surface area contributed by atoms with Gasteiger partial charge in [0.15, 0.2) is 11.6 Å². The lowest BCUT2D eigenvalue weighted by atomic mass is 9.99. The lowest BCUT2D eigenvalue weighted by Crippen LogP contribution is -2.54. The summed E-state index contributed by atoms with van der Waals surface area (Å²) < 4.78 is 34.2. The standard InChI is InChI=1S/C20H24F2N4O2/c1-2-16(25-20(27)24-10-7-28-8-10)19-12-3-11(4-13(12)19)26-9-23-17-5-14(21)15(22)6-18(17)26/h5-6,9-13,16,19H,2-4,7-8H2,1H3,(H2,24,25,27)/t11-,12-,13+,16-,19+/m1/s1. The Hall–Kier alpha value is -2.22. The Morgan fingerprint density at radius 2 is 2.00 bits per heavy atom. The van der Waals surface area contributed by atoms with Crippen LogP contribution in [0.1, 0.15) is 32.2 Å². The van der Waals surface area contributed by atoms with Crippen molar-refractivity contribution in [3.63, 3.8) is 0 Å². The molecular weight excluding hydrogens is 366 g/mol.